The van der Waals surface area contributed by atoms with Crippen LogP contribution in [0.25, 0.3) is 53.9 Å². The normalized spacial score (nSPS) is 14.2. The van der Waals surface area contributed by atoms with Crippen molar-refractivity contribution in [3.63, 3.8) is 0 Å². The lowest BCUT2D eigenvalue weighted by Gasteiger charge is -2.31. The minimum Gasteiger partial charge on any atom is -0.455 e. The number of rotatable bonds is 8. The van der Waals surface area contributed by atoms with Crippen molar-refractivity contribution < 1.29 is 4.42 Å². The summed E-state index contributed by atoms with van der Waals surface area (Å²) in [4.78, 5) is 4.87. The molecule has 2 aliphatic carbocycles. The van der Waals surface area contributed by atoms with E-state index in [-0.39, 0.29) is 10.8 Å². The number of para-hydroxylation sites is 2. The molecule has 66 heavy (non-hydrogen) atoms. The Hall–Kier alpha value is -6.92. The molecule has 322 valence electrons. The Morgan fingerprint density at radius 3 is 1.58 bits per heavy atom. The minimum atomic E-state index is -1.46. The molecule has 0 N–H and O–H groups in total. The van der Waals surface area contributed by atoms with Gasteiger partial charge >= 0.3 is 0 Å². The van der Waals surface area contributed by atoms with Crippen LogP contribution in [-0.2, 0) is 10.8 Å². The molecule has 2 heterocycles. The van der Waals surface area contributed by atoms with Crippen LogP contribution in [0.1, 0.15) is 49.9 Å². The van der Waals surface area contributed by atoms with E-state index in [2.05, 4.69) is 245 Å². The highest BCUT2D eigenvalue weighted by Gasteiger charge is 2.50. The molecule has 2 aromatic heterocycles. The molecule has 0 radical (unpaired) electrons. The first-order valence-corrected chi connectivity index (χ1v) is 27.5. The Kier molecular flexibility index (Phi) is 9.10. The molecule has 0 aliphatic heterocycles. The van der Waals surface area contributed by atoms with Gasteiger partial charge in [0.2, 0.25) is 0 Å². The minimum absolute atomic E-state index is 0.302. The lowest BCUT2D eigenvalue weighted by atomic mass is 9.74. The summed E-state index contributed by atoms with van der Waals surface area (Å²) >= 11 is 1.86. The van der Waals surface area contributed by atoms with Crippen molar-refractivity contribution in [2.75, 3.05) is 9.80 Å². The van der Waals surface area contributed by atoms with E-state index in [9.17, 15) is 0 Å². The molecular weight excluding hydrogens is 837 g/mol. The number of nitrogens with zero attached hydrogens (tertiary/aromatic N) is 2. The maximum atomic E-state index is 7.21. The number of benzene rings is 8. The third-order valence-electron chi connectivity index (χ3n) is 14.4. The third-order valence-corrected chi connectivity index (χ3v) is 17.6. The van der Waals surface area contributed by atoms with Gasteiger partial charge in [-0.1, -0.05) is 150 Å². The van der Waals surface area contributed by atoms with Crippen molar-refractivity contribution in [3.05, 3.63) is 210 Å². The van der Waals surface area contributed by atoms with Crippen LogP contribution in [0.2, 0.25) is 19.6 Å². The highest BCUT2D eigenvalue weighted by atomic mass is 32.1. The Morgan fingerprint density at radius 1 is 0.424 bits per heavy atom. The largest absolute Gasteiger partial charge is 0.455 e. The van der Waals surface area contributed by atoms with Crippen LogP contribution in [-0.4, -0.2) is 8.07 Å². The van der Waals surface area contributed by atoms with E-state index in [1.807, 2.05) is 11.3 Å². The van der Waals surface area contributed by atoms with E-state index in [4.69, 9.17) is 4.42 Å². The van der Waals surface area contributed by atoms with Crippen molar-refractivity contribution >= 4 is 78.9 Å². The summed E-state index contributed by atoms with van der Waals surface area (Å²) in [6.07, 6.45) is 0. The lowest BCUT2D eigenvalue weighted by Crippen LogP contribution is -2.37. The highest BCUT2D eigenvalue weighted by molar-refractivity contribution is 7.25. The smallest absolute Gasteiger partial charge is 0.139 e. The van der Waals surface area contributed by atoms with Gasteiger partial charge in [-0.15, -0.1) is 11.3 Å². The summed E-state index contributed by atoms with van der Waals surface area (Å²) in [5.74, 6) is 2.01. The molecule has 0 spiro atoms. The lowest BCUT2D eigenvalue weighted by molar-refractivity contribution is 0.592. The molecule has 0 saturated heterocycles. The van der Waals surface area contributed by atoms with Crippen molar-refractivity contribution in [2.24, 2.45) is 0 Å². The SMILES string of the molecule is CC1(C)c2cc(N(c3ccccc3)c3ccc([Si](C)(C)C)cc3)ccc2-c2oc3c(c21)C(C)(C)c1cc(N(c2ccc4sc5ccccc5c4c2)c2ccccc2-c2ccccc2)ccc1-3. The van der Waals surface area contributed by atoms with Crippen LogP contribution in [0, 0.1) is 0 Å². The molecule has 0 amide bonds. The van der Waals surface area contributed by atoms with Gasteiger partial charge in [0.25, 0.3) is 0 Å². The number of anilines is 6. The monoisotopic (exact) mass is 888 g/mol. The van der Waals surface area contributed by atoms with Gasteiger partial charge < -0.3 is 14.2 Å². The fourth-order valence-electron chi connectivity index (χ4n) is 11.0. The first-order valence-electron chi connectivity index (χ1n) is 23.2. The molecule has 0 saturated carbocycles. The molecule has 12 rings (SSSR count). The molecule has 5 heteroatoms. The van der Waals surface area contributed by atoms with Crippen molar-refractivity contribution in [1.82, 2.24) is 0 Å². The first-order chi connectivity index (χ1) is 31.9. The number of hydrogen-bond donors (Lipinski definition) is 0. The number of hydrogen-bond acceptors (Lipinski definition) is 4. The van der Waals surface area contributed by atoms with Crippen LogP contribution < -0.4 is 15.0 Å². The zero-order chi connectivity index (χ0) is 45.1. The summed E-state index contributed by atoms with van der Waals surface area (Å²) in [5.41, 5.74) is 16.1. The van der Waals surface area contributed by atoms with Crippen molar-refractivity contribution in [2.45, 2.75) is 58.2 Å². The summed E-state index contributed by atoms with van der Waals surface area (Å²) in [5, 5.41) is 4.04. The van der Waals surface area contributed by atoms with E-state index in [1.165, 1.54) is 69.9 Å². The second-order valence-electron chi connectivity index (χ2n) is 20.2. The number of furan rings is 1. The molecule has 2 aliphatic rings. The Balaban J connectivity index is 0.973. The predicted molar refractivity (Wildman–Crippen MR) is 285 cm³/mol. The van der Waals surface area contributed by atoms with Gasteiger partial charge in [0.15, 0.2) is 0 Å². The van der Waals surface area contributed by atoms with Gasteiger partial charge in [-0.3, -0.25) is 0 Å². The summed E-state index contributed by atoms with van der Waals surface area (Å²) in [6.45, 7) is 16.8. The average Bonchev–Trinajstić information content (AvgIpc) is 4.03. The van der Waals surface area contributed by atoms with E-state index in [1.54, 1.807) is 0 Å². The zero-order valence-corrected chi connectivity index (χ0v) is 40.4. The first kappa shape index (κ1) is 40.6. The Labute approximate surface area is 393 Å². The van der Waals surface area contributed by atoms with Gasteiger partial charge in [0.05, 0.1) is 13.8 Å². The van der Waals surface area contributed by atoms with Gasteiger partial charge in [0.1, 0.15) is 11.5 Å². The second-order valence-corrected chi connectivity index (χ2v) is 26.3. The van der Waals surface area contributed by atoms with Crippen LogP contribution in [0.3, 0.4) is 0 Å². The zero-order valence-electron chi connectivity index (χ0n) is 38.6. The quantitative estimate of drug-likeness (QED) is 0.142. The molecule has 3 nitrogen and oxygen atoms in total. The van der Waals surface area contributed by atoms with Gasteiger partial charge in [-0.25, -0.2) is 0 Å². The molecule has 0 unspecified atom stereocenters. The Bertz CT molecular complexity index is 3520. The van der Waals surface area contributed by atoms with E-state index < -0.39 is 8.07 Å². The standard InChI is InChI=1S/C61H52N2OSSi/c1-60(2)51-37-43(62(40-20-12-9-13-21-40)41-26-31-45(32-27-41)66(5,6)7)28-33-48(51)58-56(60)57-59(64-58)49-34-29-44(38-52(49)61(57,3)4)63(53-24-16-14-22-46(53)39-18-10-8-11-19-39)42-30-35-55-50(36-42)47-23-15-17-25-54(47)65-55/h8-38H,1-7H3. The van der Waals surface area contributed by atoms with E-state index >= 15 is 0 Å². The predicted octanol–water partition coefficient (Wildman–Crippen LogP) is 17.4. The molecule has 0 atom stereocenters. The Morgan fingerprint density at radius 2 is 0.924 bits per heavy atom. The topological polar surface area (TPSA) is 19.6 Å². The molecule has 0 fully saturated rings. The molecule has 8 aromatic carbocycles. The van der Waals surface area contributed by atoms with Crippen LogP contribution in [0.15, 0.2) is 192 Å². The molecule has 10 aromatic rings. The van der Waals surface area contributed by atoms with E-state index in [0.717, 1.165) is 45.6 Å². The third kappa shape index (κ3) is 6.20. The van der Waals surface area contributed by atoms with Crippen LogP contribution >= 0.6 is 11.3 Å². The summed E-state index contributed by atoms with van der Waals surface area (Å²) in [6, 6.07) is 69.5. The summed E-state index contributed by atoms with van der Waals surface area (Å²) < 4.78 is 9.82. The fourth-order valence-corrected chi connectivity index (χ4v) is 13.2. The van der Waals surface area contributed by atoms with Crippen LogP contribution in [0.5, 0.6) is 0 Å². The maximum Gasteiger partial charge on any atom is 0.139 e. The maximum absolute atomic E-state index is 7.21. The van der Waals surface area contributed by atoms with Gasteiger partial charge in [-0.05, 0) is 108 Å². The van der Waals surface area contributed by atoms with Gasteiger partial charge in [0, 0.05) is 87.3 Å². The highest BCUT2D eigenvalue weighted by Crippen LogP contribution is 2.62. The fraction of sp³-hybridized carbons (Fsp3) is 0.148. The molecule has 0 bridgehead atoms. The second kappa shape index (κ2) is 14.8. The molecular formula is C61H52N2OSSi. The van der Waals surface area contributed by atoms with Crippen molar-refractivity contribution in [3.8, 4) is 33.8 Å². The average molecular weight is 889 g/mol. The van der Waals surface area contributed by atoms with Crippen molar-refractivity contribution in [1.29, 1.82) is 0 Å². The number of fused-ring (bicyclic) bond motifs is 10. The van der Waals surface area contributed by atoms with E-state index in [0.29, 0.717) is 0 Å². The number of thiophene rings is 1. The van der Waals surface area contributed by atoms with Crippen LogP contribution in [0.4, 0.5) is 34.1 Å². The van der Waals surface area contributed by atoms with Gasteiger partial charge in [-0.2, -0.15) is 0 Å². The summed E-state index contributed by atoms with van der Waals surface area (Å²) in [7, 11) is -1.46.